The Morgan fingerprint density at radius 3 is 2.32 bits per heavy atom. The molecule has 0 saturated carbocycles. The highest BCUT2D eigenvalue weighted by Crippen LogP contribution is 2.21. The third-order valence-electron chi connectivity index (χ3n) is 6.65. The van der Waals surface area contributed by atoms with Crippen molar-refractivity contribution < 1.29 is 9.53 Å². The molecule has 1 aromatic carbocycles. The zero-order valence-corrected chi connectivity index (χ0v) is 20.3. The summed E-state index contributed by atoms with van der Waals surface area (Å²) in [6, 6.07) is 9.77. The van der Waals surface area contributed by atoms with Gasteiger partial charge in [0.1, 0.15) is 5.75 Å². The first-order chi connectivity index (χ1) is 16.6. The van der Waals surface area contributed by atoms with Gasteiger partial charge in [0, 0.05) is 77.1 Å². The van der Waals surface area contributed by atoms with E-state index in [2.05, 4.69) is 38.7 Å². The van der Waals surface area contributed by atoms with Crippen molar-refractivity contribution in [1.29, 1.82) is 0 Å². The van der Waals surface area contributed by atoms with Gasteiger partial charge in [-0.25, -0.2) is 4.98 Å². The van der Waals surface area contributed by atoms with E-state index in [9.17, 15) is 9.59 Å². The number of unbranched alkanes of at least 4 members (excludes halogenated alkanes) is 1. The van der Waals surface area contributed by atoms with Crippen molar-refractivity contribution in [1.82, 2.24) is 19.8 Å². The number of nitrogens with one attached hydrogen (secondary N) is 1. The van der Waals surface area contributed by atoms with E-state index in [1.54, 1.807) is 13.2 Å². The summed E-state index contributed by atoms with van der Waals surface area (Å²) in [5, 5.41) is 0. The van der Waals surface area contributed by atoms with Gasteiger partial charge in [0.15, 0.2) is 0 Å². The highest BCUT2D eigenvalue weighted by atomic mass is 16.5. The molecule has 2 saturated heterocycles. The first-order valence-electron chi connectivity index (χ1n) is 12.3. The highest BCUT2D eigenvalue weighted by Gasteiger charge is 2.23. The molecule has 2 aromatic rings. The molecule has 2 aliphatic rings. The predicted molar refractivity (Wildman–Crippen MR) is 134 cm³/mol. The smallest absolute Gasteiger partial charge is 0.252 e. The molecule has 1 N–H and O–H groups in total. The lowest BCUT2D eigenvalue weighted by atomic mass is 10.2. The zero-order chi connectivity index (χ0) is 23.9. The van der Waals surface area contributed by atoms with Gasteiger partial charge in [-0.05, 0) is 30.7 Å². The second-order valence-corrected chi connectivity index (χ2v) is 8.99. The lowest BCUT2D eigenvalue weighted by molar-refractivity contribution is -0.131. The summed E-state index contributed by atoms with van der Waals surface area (Å²) in [5.41, 5.74) is 1.86. The van der Waals surface area contributed by atoms with E-state index in [4.69, 9.17) is 9.72 Å². The second-order valence-electron chi connectivity index (χ2n) is 8.99. The number of piperazine rings is 2. The summed E-state index contributed by atoms with van der Waals surface area (Å²) in [7, 11) is 1.68. The summed E-state index contributed by atoms with van der Waals surface area (Å²) >= 11 is 0. The summed E-state index contributed by atoms with van der Waals surface area (Å²) < 4.78 is 5.25. The summed E-state index contributed by atoms with van der Waals surface area (Å²) in [4.78, 5) is 41.0. The van der Waals surface area contributed by atoms with E-state index in [1.807, 2.05) is 17.0 Å². The van der Waals surface area contributed by atoms with Crippen LogP contribution in [0.4, 0.5) is 11.6 Å². The molecule has 0 aliphatic carbocycles. The molecule has 9 nitrogen and oxygen atoms in total. The molecular formula is C25H36N6O3. The Bertz CT molecular complexity index is 992. The number of ether oxygens (including phenoxy) is 1. The molecule has 0 unspecified atom stereocenters. The number of carbonyl (C=O) groups excluding carboxylic acids is 1. The van der Waals surface area contributed by atoms with Crippen molar-refractivity contribution in [3.63, 3.8) is 0 Å². The number of amides is 1. The van der Waals surface area contributed by atoms with Gasteiger partial charge in [-0.15, -0.1) is 0 Å². The van der Waals surface area contributed by atoms with Crippen LogP contribution in [0.3, 0.4) is 0 Å². The average molecular weight is 469 g/mol. The largest absolute Gasteiger partial charge is 0.497 e. The quantitative estimate of drug-likeness (QED) is 0.634. The monoisotopic (exact) mass is 468 g/mol. The Labute approximate surface area is 201 Å². The Morgan fingerprint density at radius 2 is 1.68 bits per heavy atom. The number of methoxy groups -OCH3 is 1. The highest BCUT2D eigenvalue weighted by molar-refractivity contribution is 5.76. The molecule has 4 rings (SSSR count). The number of anilines is 2. The minimum atomic E-state index is -0.127. The van der Waals surface area contributed by atoms with Gasteiger partial charge in [0.05, 0.1) is 12.8 Å². The van der Waals surface area contributed by atoms with Gasteiger partial charge in [-0.3, -0.25) is 19.5 Å². The van der Waals surface area contributed by atoms with Gasteiger partial charge in [-0.2, -0.15) is 0 Å². The van der Waals surface area contributed by atoms with Crippen molar-refractivity contribution in [2.75, 3.05) is 69.3 Å². The molecule has 1 amide bonds. The number of hydrogen-bond acceptors (Lipinski definition) is 7. The van der Waals surface area contributed by atoms with Gasteiger partial charge in [0.2, 0.25) is 11.9 Å². The Balaban J connectivity index is 1.31. The van der Waals surface area contributed by atoms with Crippen LogP contribution in [-0.4, -0.2) is 85.1 Å². The number of H-pyrrole nitrogens is 1. The van der Waals surface area contributed by atoms with Crippen LogP contribution in [-0.2, 0) is 11.3 Å². The molecule has 0 atom stereocenters. The molecule has 9 heteroatoms. The van der Waals surface area contributed by atoms with Crippen molar-refractivity contribution >= 4 is 17.5 Å². The Morgan fingerprint density at radius 1 is 1.00 bits per heavy atom. The van der Waals surface area contributed by atoms with Crippen LogP contribution in [0.15, 0.2) is 35.1 Å². The maximum Gasteiger partial charge on any atom is 0.252 e. The second kappa shape index (κ2) is 11.4. The molecule has 0 spiro atoms. The van der Waals surface area contributed by atoms with E-state index in [-0.39, 0.29) is 11.5 Å². The topological polar surface area (TPSA) is 85.0 Å². The van der Waals surface area contributed by atoms with Gasteiger partial charge < -0.3 is 19.4 Å². The van der Waals surface area contributed by atoms with E-state index >= 15 is 0 Å². The summed E-state index contributed by atoms with van der Waals surface area (Å²) in [6.07, 6.45) is 2.58. The zero-order valence-electron chi connectivity index (χ0n) is 20.3. The lowest BCUT2D eigenvalue weighted by Crippen LogP contribution is -2.49. The number of aromatic nitrogens is 2. The van der Waals surface area contributed by atoms with Crippen molar-refractivity contribution in [2.45, 2.75) is 32.7 Å². The average Bonchev–Trinajstić information content (AvgIpc) is 2.87. The normalized spacial score (nSPS) is 17.2. The van der Waals surface area contributed by atoms with Crippen LogP contribution >= 0.6 is 0 Å². The van der Waals surface area contributed by atoms with E-state index in [0.717, 1.165) is 50.5 Å². The van der Waals surface area contributed by atoms with Crippen LogP contribution in [0.25, 0.3) is 0 Å². The fraction of sp³-hybridized carbons (Fsp3) is 0.560. The molecule has 1 aromatic heterocycles. The standard InChI is InChI=1S/C25H36N6O3/c1-3-4-5-24(33)30-14-16-31(17-15-30)25-26-20(18-23(32)27-25)19-28-10-12-29(13-11-28)21-6-8-22(34-2)9-7-21/h6-9,18H,3-5,10-17,19H2,1-2H3,(H,26,27,32). The first-order valence-corrected chi connectivity index (χ1v) is 12.3. The fourth-order valence-electron chi connectivity index (χ4n) is 4.56. The van der Waals surface area contributed by atoms with Gasteiger partial charge in [0.25, 0.3) is 5.56 Å². The molecule has 0 bridgehead atoms. The maximum absolute atomic E-state index is 12.4. The number of aromatic amines is 1. The predicted octanol–water partition coefficient (Wildman–Crippen LogP) is 1.94. The molecule has 2 aliphatic heterocycles. The van der Waals surface area contributed by atoms with Crippen molar-refractivity contribution in [3.8, 4) is 5.75 Å². The third-order valence-corrected chi connectivity index (χ3v) is 6.65. The van der Waals surface area contributed by atoms with E-state index < -0.39 is 0 Å². The van der Waals surface area contributed by atoms with Crippen LogP contribution in [0.1, 0.15) is 31.9 Å². The minimum absolute atomic E-state index is 0.127. The maximum atomic E-state index is 12.4. The lowest BCUT2D eigenvalue weighted by Gasteiger charge is -2.36. The summed E-state index contributed by atoms with van der Waals surface area (Å²) in [5.74, 6) is 1.70. The van der Waals surface area contributed by atoms with Gasteiger partial charge >= 0.3 is 0 Å². The molecule has 34 heavy (non-hydrogen) atoms. The van der Waals surface area contributed by atoms with Crippen molar-refractivity contribution in [2.24, 2.45) is 0 Å². The fourth-order valence-corrected chi connectivity index (χ4v) is 4.56. The van der Waals surface area contributed by atoms with Crippen LogP contribution in [0.2, 0.25) is 0 Å². The third kappa shape index (κ3) is 6.08. The minimum Gasteiger partial charge on any atom is -0.497 e. The first kappa shape index (κ1) is 24.1. The molecule has 3 heterocycles. The number of hydrogen-bond donors (Lipinski definition) is 1. The molecular weight excluding hydrogens is 432 g/mol. The number of nitrogens with zero attached hydrogens (tertiary/aromatic N) is 5. The number of carbonyl (C=O) groups is 1. The van der Waals surface area contributed by atoms with E-state index in [0.29, 0.717) is 45.1 Å². The molecule has 0 radical (unpaired) electrons. The van der Waals surface area contributed by atoms with Crippen molar-refractivity contribution in [3.05, 3.63) is 46.4 Å². The van der Waals surface area contributed by atoms with Crippen LogP contribution < -0.4 is 20.1 Å². The number of benzene rings is 1. The Hall–Kier alpha value is -3.07. The number of rotatable bonds is 8. The Kier molecular flexibility index (Phi) is 8.05. The van der Waals surface area contributed by atoms with Crippen LogP contribution in [0, 0.1) is 0 Å². The molecule has 184 valence electrons. The molecule has 2 fully saturated rings. The van der Waals surface area contributed by atoms with Crippen LogP contribution in [0.5, 0.6) is 5.75 Å². The van der Waals surface area contributed by atoms with Gasteiger partial charge in [-0.1, -0.05) is 13.3 Å². The SMILES string of the molecule is CCCCC(=O)N1CCN(c2nc(CN3CCN(c4ccc(OC)cc4)CC3)cc(=O)[nH]2)CC1. The summed E-state index contributed by atoms with van der Waals surface area (Å²) in [6.45, 7) is 9.14. The van der Waals surface area contributed by atoms with E-state index in [1.165, 1.54) is 5.69 Å².